The zero-order valence-corrected chi connectivity index (χ0v) is 12.5. The lowest BCUT2D eigenvalue weighted by atomic mass is 10.1. The first kappa shape index (κ1) is 15.3. The molecule has 0 amide bonds. The van der Waals surface area contributed by atoms with E-state index in [4.69, 9.17) is 16.3 Å². The highest BCUT2D eigenvalue weighted by Crippen LogP contribution is 2.25. The smallest absolute Gasteiger partial charge is 0.176 e. The summed E-state index contributed by atoms with van der Waals surface area (Å²) in [6.07, 6.45) is 2.05. The number of thioether (sulfide) groups is 1. The molecule has 0 aliphatic rings. The van der Waals surface area contributed by atoms with Crippen molar-refractivity contribution in [2.75, 3.05) is 39.3 Å². The summed E-state index contributed by atoms with van der Waals surface area (Å²) in [7, 11) is 3.50. The molecule has 0 aromatic heterocycles. The van der Waals surface area contributed by atoms with E-state index in [0.717, 1.165) is 12.3 Å². The molecule has 0 atom stereocenters. The van der Waals surface area contributed by atoms with Gasteiger partial charge in [0.2, 0.25) is 0 Å². The maximum absolute atomic E-state index is 12.0. The van der Waals surface area contributed by atoms with Crippen LogP contribution in [0.4, 0.5) is 0 Å². The molecule has 0 aliphatic carbocycles. The van der Waals surface area contributed by atoms with Crippen LogP contribution >= 0.6 is 23.4 Å². The van der Waals surface area contributed by atoms with Crippen LogP contribution in [-0.2, 0) is 0 Å². The van der Waals surface area contributed by atoms with E-state index in [1.807, 2.05) is 11.9 Å². The molecule has 0 bridgehead atoms. The number of halogens is 1. The molecule has 0 heterocycles. The van der Waals surface area contributed by atoms with Gasteiger partial charge in [-0.3, -0.25) is 9.69 Å². The molecule has 1 rings (SSSR count). The number of nitrogens with zero attached hydrogens (tertiary/aromatic N) is 1. The highest BCUT2D eigenvalue weighted by atomic mass is 35.5. The van der Waals surface area contributed by atoms with E-state index in [-0.39, 0.29) is 5.78 Å². The maximum atomic E-state index is 12.0. The summed E-state index contributed by atoms with van der Waals surface area (Å²) < 4.78 is 5.06. The number of rotatable bonds is 7. The highest BCUT2D eigenvalue weighted by Gasteiger charge is 2.11. The molecular weight excluding hydrogens is 270 g/mol. The van der Waals surface area contributed by atoms with E-state index in [1.165, 1.54) is 0 Å². The lowest BCUT2D eigenvalue weighted by Gasteiger charge is -2.15. The van der Waals surface area contributed by atoms with Crippen molar-refractivity contribution in [3.8, 4) is 5.75 Å². The Morgan fingerprint density at radius 3 is 2.78 bits per heavy atom. The molecule has 0 saturated carbocycles. The molecule has 3 nitrogen and oxygen atoms in total. The van der Waals surface area contributed by atoms with Crippen molar-refractivity contribution in [1.82, 2.24) is 4.90 Å². The molecule has 5 heteroatoms. The van der Waals surface area contributed by atoms with Gasteiger partial charge in [-0.15, -0.1) is 0 Å². The van der Waals surface area contributed by atoms with Crippen molar-refractivity contribution in [2.45, 2.75) is 0 Å². The second kappa shape index (κ2) is 7.67. The highest BCUT2D eigenvalue weighted by molar-refractivity contribution is 7.98. The average molecular weight is 288 g/mol. The SMILES string of the molecule is COc1ccc(C(=O)CN(C)CCSC)cc1Cl. The molecule has 0 unspecified atom stereocenters. The molecule has 1 aromatic carbocycles. The van der Waals surface area contributed by atoms with Crippen molar-refractivity contribution < 1.29 is 9.53 Å². The fraction of sp³-hybridized carbons (Fsp3) is 0.462. The van der Waals surface area contributed by atoms with Crippen LogP contribution in [0.3, 0.4) is 0 Å². The molecule has 1 aromatic rings. The first-order valence-electron chi connectivity index (χ1n) is 5.62. The van der Waals surface area contributed by atoms with E-state index < -0.39 is 0 Å². The predicted octanol–water partition coefficient (Wildman–Crippen LogP) is 2.83. The quantitative estimate of drug-likeness (QED) is 0.721. The Balaban J connectivity index is 2.64. The van der Waals surface area contributed by atoms with Crippen LogP contribution in [0.2, 0.25) is 5.02 Å². The molecule has 18 heavy (non-hydrogen) atoms. The number of ether oxygens (including phenoxy) is 1. The Morgan fingerprint density at radius 2 is 2.22 bits per heavy atom. The third-order valence-electron chi connectivity index (χ3n) is 2.56. The van der Waals surface area contributed by atoms with Gasteiger partial charge < -0.3 is 4.74 Å². The second-order valence-corrected chi connectivity index (χ2v) is 5.40. The van der Waals surface area contributed by atoms with E-state index >= 15 is 0 Å². The average Bonchev–Trinajstić information content (AvgIpc) is 2.36. The third-order valence-corrected chi connectivity index (χ3v) is 3.45. The zero-order valence-electron chi connectivity index (χ0n) is 10.9. The van der Waals surface area contributed by atoms with Crippen LogP contribution in [0.15, 0.2) is 18.2 Å². The molecule has 100 valence electrons. The topological polar surface area (TPSA) is 29.5 Å². The number of carbonyl (C=O) groups excluding carboxylic acids is 1. The summed E-state index contributed by atoms with van der Waals surface area (Å²) in [5.74, 6) is 1.68. The van der Waals surface area contributed by atoms with E-state index in [9.17, 15) is 4.79 Å². The van der Waals surface area contributed by atoms with Gasteiger partial charge in [-0.25, -0.2) is 0 Å². The normalized spacial score (nSPS) is 10.7. The fourth-order valence-electron chi connectivity index (χ4n) is 1.50. The summed E-state index contributed by atoms with van der Waals surface area (Å²) in [6, 6.07) is 5.12. The molecule has 0 spiro atoms. The van der Waals surface area contributed by atoms with Gasteiger partial charge in [-0.2, -0.15) is 11.8 Å². The summed E-state index contributed by atoms with van der Waals surface area (Å²) in [5, 5.41) is 0.468. The third kappa shape index (κ3) is 4.52. The van der Waals surface area contributed by atoms with Gasteiger partial charge in [0.1, 0.15) is 5.75 Å². The Labute approximate surface area is 117 Å². The van der Waals surface area contributed by atoms with Gasteiger partial charge in [0.05, 0.1) is 18.7 Å². The summed E-state index contributed by atoms with van der Waals surface area (Å²) in [5.41, 5.74) is 0.622. The van der Waals surface area contributed by atoms with E-state index in [1.54, 1.807) is 37.1 Å². The minimum Gasteiger partial charge on any atom is -0.495 e. The van der Waals surface area contributed by atoms with E-state index in [2.05, 4.69) is 6.26 Å². The number of likely N-dealkylation sites (N-methyl/N-ethyl adjacent to an activating group) is 1. The number of benzene rings is 1. The lowest BCUT2D eigenvalue weighted by Crippen LogP contribution is -2.28. The maximum Gasteiger partial charge on any atom is 0.176 e. The Hall–Kier alpha value is -0.710. The largest absolute Gasteiger partial charge is 0.495 e. The molecule has 0 radical (unpaired) electrons. The standard InChI is InChI=1S/C13H18ClNO2S/c1-15(6-7-18-3)9-12(16)10-4-5-13(17-2)11(14)8-10/h4-5,8H,6-7,9H2,1-3H3. The van der Waals surface area contributed by atoms with Gasteiger partial charge in [-0.05, 0) is 31.5 Å². The van der Waals surface area contributed by atoms with Crippen molar-refractivity contribution in [1.29, 1.82) is 0 Å². The summed E-state index contributed by atoms with van der Waals surface area (Å²) >= 11 is 7.77. The van der Waals surface area contributed by atoms with Gasteiger partial charge in [-0.1, -0.05) is 11.6 Å². The van der Waals surface area contributed by atoms with Crippen LogP contribution in [0.1, 0.15) is 10.4 Å². The van der Waals surface area contributed by atoms with Crippen LogP contribution in [0, 0.1) is 0 Å². The van der Waals surface area contributed by atoms with Crippen LogP contribution in [0.25, 0.3) is 0 Å². The first-order chi connectivity index (χ1) is 8.58. The van der Waals surface area contributed by atoms with Crippen LogP contribution in [0.5, 0.6) is 5.75 Å². The zero-order chi connectivity index (χ0) is 13.5. The number of hydrogen-bond acceptors (Lipinski definition) is 4. The number of ketones is 1. The van der Waals surface area contributed by atoms with Gasteiger partial charge >= 0.3 is 0 Å². The number of hydrogen-bond donors (Lipinski definition) is 0. The Morgan fingerprint density at radius 1 is 1.50 bits per heavy atom. The number of methoxy groups -OCH3 is 1. The Bertz CT molecular complexity index is 412. The minimum atomic E-state index is 0.0724. The Kier molecular flexibility index (Phi) is 6.54. The minimum absolute atomic E-state index is 0.0724. The summed E-state index contributed by atoms with van der Waals surface area (Å²) in [6.45, 7) is 1.31. The van der Waals surface area contributed by atoms with E-state index in [0.29, 0.717) is 22.9 Å². The van der Waals surface area contributed by atoms with Crippen LogP contribution in [-0.4, -0.2) is 49.9 Å². The number of carbonyl (C=O) groups is 1. The van der Waals surface area contributed by atoms with Crippen molar-refractivity contribution in [2.24, 2.45) is 0 Å². The fourth-order valence-corrected chi connectivity index (χ4v) is 2.25. The number of Topliss-reactive ketones (excluding diaryl/α,β-unsaturated/α-hetero) is 1. The molecule has 0 saturated heterocycles. The predicted molar refractivity (Wildman–Crippen MR) is 78.2 cm³/mol. The van der Waals surface area contributed by atoms with Crippen molar-refractivity contribution in [3.63, 3.8) is 0 Å². The monoisotopic (exact) mass is 287 g/mol. The molecule has 0 fully saturated rings. The van der Waals surface area contributed by atoms with Gasteiger partial charge in [0.15, 0.2) is 5.78 Å². The molecule has 0 aliphatic heterocycles. The van der Waals surface area contributed by atoms with Crippen molar-refractivity contribution in [3.05, 3.63) is 28.8 Å². The first-order valence-corrected chi connectivity index (χ1v) is 7.40. The summed E-state index contributed by atoms with van der Waals surface area (Å²) in [4.78, 5) is 14.0. The lowest BCUT2D eigenvalue weighted by molar-refractivity contribution is 0.0949. The van der Waals surface area contributed by atoms with Crippen molar-refractivity contribution >= 4 is 29.1 Å². The molecular formula is C13H18ClNO2S. The molecule has 0 N–H and O–H groups in total. The van der Waals surface area contributed by atoms with Gasteiger partial charge in [0, 0.05) is 17.9 Å². The second-order valence-electron chi connectivity index (χ2n) is 4.00. The van der Waals surface area contributed by atoms with Crippen LogP contribution < -0.4 is 4.74 Å². The van der Waals surface area contributed by atoms with Gasteiger partial charge in [0.25, 0.3) is 0 Å².